The Morgan fingerprint density at radius 2 is 2.21 bits per heavy atom. The molecule has 0 amide bonds. The average molecular weight is 343 g/mol. The molecule has 0 saturated heterocycles. The highest BCUT2D eigenvalue weighted by atomic mass is 32.2. The first-order valence-electron chi connectivity index (χ1n) is 7.59. The Morgan fingerprint density at radius 3 is 2.88 bits per heavy atom. The molecule has 126 valence electrons. The lowest BCUT2D eigenvalue weighted by Crippen LogP contribution is -1.96. The van der Waals surface area contributed by atoms with Crippen molar-refractivity contribution in [2.45, 2.75) is 19.8 Å². The summed E-state index contributed by atoms with van der Waals surface area (Å²) in [5.74, 6) is -0.0277. The van der Waals surface area contributed by atoms with Crippen LogP contribution in [0.15, 0.2) is 60.2 Å². The van der Waals surface area contributed by atoms with Gasteiger partial charge in [-0.25, -0.2) is 0 Å². The maximum absolute atomic E-state index is 10.9. The van der Waals surface area contributed by atoms with Gasteiger partial charge in [-0.3, -0.25) is 8.77 Å². The summed E-state index contributed by atoms with van der Waals surface area (Å²) in [5.41, 5.74) is 2.05. The van der Waals surface area contributed by atoms with Crippen LogP contribution in [0.1, 0.15) is 18.9 Å². The summed E-state index contributed by atoms with van der Waals surface area (Å²) in [5, 5.41) is 9.98. The van der Waals surface area contributed by atoms with Gasteiger partial charge in [0.2, 0.25) is 0 Å². The number of carboxylic acids is 1. The number of nitrogens with zero attached hydrogens (tertiary/aromatic N) is 1. The lowest BCUT2D eigenvalue weighted by molar-refractivity contribution is -0.136. The van der Waals surface area contributed by atoms with Crippen molar-refractivity contribution in [3.63, 3.8) is 0 Å². The fraction of sp³-hybridized carbons (Fsp3) is 0.211. The van der Waals surface area contributed by atoms with Crippen LogP contribution in [-0.2, 0) is 11.2 Å². The third-order valence-electron chi connectivity index (χ3n) is 3.49. The summed E-state index contributed by atoms with van der Waals surface area (Å²) in [7, 11) is 1.63. The van der Waals surface area contributed by atoms with E-state index in [-0.39, 0.29) is 6.42 Å². The number of methoxy groups -OCH3 is 1. The first-order valence-corrected chi connectivity index (χ1v) is 8.36. The number of hydrogen-bond acceptors (Lipinski definition) is 3. The number of carbonyl (C=O) groups is 1. The van der Waals surface area contributed by atoms with E-state index in [2.05, 4.69) is 10.6 Å². The number of allylic oxidation sites excluding steroid dienone is 5. The van der Waals surface area contributed by atoms with Crippen molar-refractivity contribution < 1.29 is 14.6 Å². The molecule has 0 aliphatic heterocycles. The minimum atomic E-state index is -0.794. The predicted molar refractivity (Wildman–Crippen MR) is 101 cm³/mol. The number of benzene rings is 1. The molecule has 1 aromatic carbocycles. The van der Waals surface area contributed by atoms with Crippen LogP contribution in [0, 0.1) is 0 Å². The van der Waals surface area contributed by atoms with Gasteiger partial charge in [-0.1, -0.05) is 30.9 Å². The van der Waals surface area contributed by atoms with Gasteiger partial charge in [0.05, 0.1) is 12.6 Å². The second kappa shape index (κ2) is 8.45. The highest BCUT2D eigenvalue weighted by molar-refractivity contribution is 8.01. The Bertz CT molecular complexity index is 802. The van der Waals surface area contributed by atoms with Gasteiger partial charge in [-0.15, -0.1) is 0 Å². The monoisotopic (exact) mass is 343 g/mol. The van der Waals surface area contributed by atoms with Gasteiger partial charge in [0.1, 0.15) is 5.75 Å². The summed E-state index contributed by atoms with van der Waals surface area (Å²) in [6.45, 7) is 5.68. The Balaban J connectivity index is 2.38. The molecule has 0 spiro atoms. The van der Waals surface area contributed by atoms with Crippen LogP contribution in [0.2, 0.25) is 0 Å². The van der Waals surface area contributed by atoms with Crippen LogP contribution < -0.4 is 4.74 Å². The lowest BCUT2D eigenvalue weighted by atomic mass is 10.1. The molecule has 4 nitrogen and oxygen atoms in total. The molecular formula is C19H21NO3S. The van der Waals surface area contributed by atoms with Gasteiger partial charge in [0, 0.05) is 22.9 Å². The quantitative estimate of drug-likeness (QED) is 0.699. The molecule has 2 aromatic rings. The molecule has 0 aliphatic rings. The second-order valence-corrected chi connectivity index (χ2v) is 6.47. The van der Waals surface area contributed by atoms with Crippen molar-refractivity contribution in [3.8, 4) is 5.75 Å². The highest BCUT2D eigenvalue weighted by Gasteiger charge is 2.12. The SMILES string of the molecule is C=C/C=C\C=C(/C)Sn1cc(CCC(=O)O)c2cc(OC)ccc21. The van der Waals surface area contributed by atoms with Gasteiger partial charge in [0.15, 0.2) is 0 Å². The van der Waals surface area contributed by atoms with E-state index in [1.54, 1.807) is 25.1 Å². The zero-order valence-corrected chi connectivity index (χ0v) is 14.7. The van der Waals surface area contributed by atoms with Gasteiger partial charge in [-0.2, -0.15) is 0 Å². The molecule has 2 rings (SSSR count). The van der Waals surface area contributed by atoms with E-state index >= 15 is 0 Å². The van der Waals surface area contributed by atoms with E-state index in [0.717, 1.165) is 27.1 Å². The van der Waals surface area contributed by atoms with E-state index in [1.165, 1.54) is 0 Å². The molecule has 0 bridgehead atoms. The van der Waals surface area contributed by atoms with Crippen LogP contribution in [0.4, 0.5) is 0 Å². The maximum Gasteiger partial charge on any atom is 0.303 e. The lowest BCUT2D eigenvalue weighted by Gasteiger charge is -2.05. The molecule has 1 heterocycles. The van der Waals surface area contributed by atoms with Crippen molar-refractivity contribution in [1.82, 2.24) is 3.97 Å². The molecule has 0 unspecified atom stereocenters. The van der Waals surface area contributed by atoms with E-state index < -0.39 is 5.97 Å². The van der Waals surface area contributed by atoms with Crippen molar-refractivity contribution >= 4 is 28.8 Å². The molecular weight excluding hydrogens is 322 g/mol. The summed E-state index contributed by atoms with van der Waals surface area (Å²) >= 11 is 1.60. The molecule has 0 aliphatic carbocycles. The highest BCUT2D eigenvalue weighted by Crippen LogP contribution is 2.32. The van der Waals surface area contributed by atoms with Gasteiger partial charge < -0.3 is 9.84 Å². The number of hydrogen-bond donors (Lipinski definition) is 1. The molecule has 0 radical (unpaired) electrons. The first kappa shape index (κ1) is 17.9. The first-order chi connectivity index (χ1) is 11.5. The topological polar surface area (TPSA) is 51.5 Å². The second-order valence-electron chi connectivity index (χ2n) is 5.25. The van der Waals surface area contributed by atoms with Crippen molar-refractivity contribution in [2.75, 3.05) is 7.11 Å². The molecule has 0 saturated carbocycles. The molecule has 1 aromatic heterocycles. The predicted octanol–water partition coefficient (Wildman–Crippen LogP) is 4.81. The fourth-order valence-corrected chi connectivity index (χ4v) is 3.23. The normalized spacial score (nSPS) is 12.0. The summed E-state index contributed by atoms with van der Waals surface area (Å²) in [6.07, 6.45) is 10.2. The van der Waals surface area contributed by atoms with E-state index in [0.29, 0.717) is 6.42 Å². The zero-order valence-electron chi connectivity index (χ0n) is 13.9. The number of aryl methyl sites for hydroxylation is 1. The number of rotatable bonds is 8. The largest absolute Gasteiger partial charge is 0.497 e. The Hall–Kier alpha value is -2.40. The van der Waals surface area contributed by atoms with Crippen LogP contribution in [0.25, 0.3) is 10.9 Å². The standard InChI is InChI=1S/C19H21NO3S/c1-4-5-6-7-14(2)24-20-13-15(8-11-19(21)22)17-12-16(23-3)9-10-18(17)20/h4-7,9-10,12-13H,1,8,11H2,2-3H3,(H,21,22)/b6-5-,14-7+. The molecule has 0 fully saturated rings. The van der Waals surface area contributed by atoms with E-state index in [1.807, 2.05) is 49.5 Å². The van der Waals surface area contributed by atoms with E-state index in [9.17, 15) is 4.79 Å². The maximum atomic E-state index is 10.9. The smallest absolute Gasteiger partial charge is 0.303 e. The average Bonchev–Trinajstić information content (AvgIpc) is 2.90. The summed E-state index contributed by atoms with van der Waals surface area (Å²) < 4.78 is 7.37. The zero-order chi connectivity index (χ0) is 17.5. The van der Waals surface area contributed by atoms with Crippen molar-refractivity contribution in [2.24, 2.45) is 0 Å². The minimum Gasteiger partial charge on any atom is -0.497 e. The van der Waals surface area contributed by atoms with Crippen molar-refractivity contribution in [3.05, 3.63) is 65.7 Å². The third kappa shape index (κ3) is 4.55. The Morgan fingerprint density at radius 1 is 1.42 bits per heavy atom. The summed E-state index contributed by atoms with van der Waals surface area (Å²) in [4.78, 5) is 12.0. The number of fused-ring (bicyclic) bond motifs is 1. The van der Waals surface area contributed by atoms with Gasteiger partial charge >= 0.3 is 5.97 Å². The van der Waals surface area contributed by atoms with Crippen molar-refractivity contribution in [1.29, 1.82) is 0 Å². The third-order valence-corrected chi connectivity index (χ3v) is 4.41. The van der Waals surface area contributed by atoms with E-state index in [4.69, 9.17) is 9.84 Å². The minimum absolute atomic E-state index is 0.109. The molecule has 5 heteroatoms. The number of ether oxygens (including phenoxy) is 1. The number of aromatic nitrogens is 1. The van der Waals surface area contributed by atoms with Crippen LogP contribution in [0.5, 0.6) is 5.75 Å². The van der Waals surface area contributed by atoms with Crippen LogP contribution in [-0.4, -0.2) is 22.2 Å². The van der Waals surface area contributed by atoms with Gasteiger partial charge in [0.25, 0.3) is 0 Å². The van der Waals surface area contributed by atoms with Crippen LogP contribution in [0.3, 0.4) is 0 Å². The number of aliphatic carboxylic acids is 1. The fourth-order valence-electron chi connectivity index (χ4n) is 2.34. The summed E-state index contributed by atoms with van der Waals surface area (Å²) in [6, 6.07) is 5.87. The number of carboxylic acid groups (broad SMARTS) is 1. The van der Waals surface area contributed by atoms with Crippen LogP contribution >= 0.6 is 11.9 Å². The molecule has 24 heavy (non-hydrogen) atoms. The van der Waals surface area contributed by atoms with Gasteiger partial charge in [-0.05, 0) is 49.1 Å². The molecule has 0 atom stereocenters. The molecule has 1 N–H and O–H groups in total. The Kier molecular flexibility index (Phi) is 6.32. The Labute approximate surface area is 146 Å².